The summed E-state index contributed by atoms with van der Waals surface area (Å²) in [6.45, 7) is 2.52. The first-order chi connectivity index (χ1) is 15.1. The number of ether oxygens (including phenoxy) is 1. The highest BCUT2D eigenvalue weighted by Gasteiger charge is 2.44. The zero-order valence-corrected chi connectivity index (χ0v) is 17.5. The van der Waals surface area contributed by atoms with E-state index in [1.807, 2.05) is 6.07 Å². The molecule has 1 amide bonds. The monoisotopic (exact) mass is 420 g/mol. The van der Waals surface area contributed by atoms with Gasteiger partial charge in [0.1, 0.15) is 0 Å². The highest BCUT2D eigenvalue weighted by atomic mass is 16.5. The standard InChI is InChI=1S/C24H24N2O5/c1-3-4-5-13-26-20(15-9-11-25-12-10-15)19(22(28)24(26)29)21(27)18-14-16-7-6-8-17(30-2)23(16)31-18/h6-12,14,20,28H,3-5,13H2,1-2H3. The van der Waals surface area contributed by atoms with Crippen LogP contribution in [0.4, 0.5) is 0 Å². The number of benzene rings is 1. The number of carbonyl (C=O) groups is 2. The largest absolute Gasteiger partial charge is 0.503 e. The molecule has 1 unspecified atom stereocenters. The number of hydrogen-bond acceptors (Lipinski definition) is 6. The van der Waals surface area contributed by atoms with Crippen LogP contribution >= 0.6 is 0 Å². The number of nitrogens with zero attached hydrogens (tertiary/aromatic N) is 2. The number of aromatic nitrogens is 1. The van der Waals surface area contributed by atoms with Gasteiger partial charge in [0, 0.05) is 24.3 Å². The summed E-state index contributed by atoms with van der Waals surface area (Å²) in [5, 5.41) is 11.4. The number of para-hydroxylation sites is 1. The van der Waals surface area contributed by atoms with Crippen LogP contribution < -0.4 is 4.74 Å². The van der Waals surface area contributed by atoms with E-state index in [0.29, 0.717) is 28.8 Å². The number of carbonyl (C=O) groups excluding carboxylic acids is 2. The minimum absolute atomic E-state index is 0.0192. The number of amides is 1. The van der Waals surface area contributed by atoms with Crippen LogP contribution in [-0.4, -0.2) is 40.3 Å². The van der Waals surface area contributed by atoms with Crippen molar-refractivity contribution in [2.75, 3.05) is 13.7 Å². The van der Waals surface area contributed by atoms with Crippen molar-refractivity contribution in [1.29, 1.82) is 0 Å². The van der Waals surface area contributed by atoms with Gasteiger partial charge in [0.15, 0.2) is 22.9 Å². The minimum Gasteiger partial charge on any atom is -0.503 e. The van der Waals surface area contributed by atoms with Crippen molar-refractivity contribution in [3.8, 4) is 5.75 Å². The molecule has 0 saturated carbocycles. The Balaban J connectivity index is 1.77. The van der Waals surface area contributed by atoms with Crippen molar-refractivity contribution in [2.24, 2.45) is 0 Å². The number of aliphatic hydroxyl groups excluding tert-OH is 1. The van der Waals surface area contributed by atoms with Gasteiger partial charge in [-0.1, -0.05) is 31.9 Å². The Labute approximate surface area is 179 Å². The zero-order chi connectivity index (χ0) is 22.0. The summed E-state index contributed by atoms with van der Waals surface area (Å²) in [5.74, 6) is -1.05. The molecule has 160 valence electrons. The fourth-order valence-electron chi connectivity index (χ4n) is 3.98. The number of rotatable bonds is 8. The Bertz CT molecular complexity index is 1150. The quantitative estimate of drug-likeness (QED) is 0.423. The van der Waals surface area contributed by atoms with E-state index in [2.05, 4.69) is 11.9 Å². The number of furan rings is 1. The van der Waals surface area contributed by atoms with Gasteiger partial charge in [-0.25, -0.2) is 0 Å². The van der Waals surface area contributed by atoms with Crippen LogP contribution in [0.5, 0.6) is 5.75 Å². The van der Waals surface area contributed by atoms with Gasteiger partial charge < -0.3 is 19.2 Å². The molecule has 1 N–H and O–H groups in total. The number of Topliss-reactive ketones (excluding diaryl/α,β-unsaturated/α-hetero) is 1. The van der Waals surface area contributed by atoms with Crippen molar-refractivity contribution < 1.29 is 23.8 Å². The maximum atomic E-state index is 13.5. The third-order valence-electron chi connectivity index (χ3n) is 5.52. The number of ketones is 1. The van der Waals surface area contributed by atoms with Gasteiger partial charge in [0.2, 0.25) is 5.78 Å². The minimum atomic E-state index is -0.699. The molecule has 1 atom stereocenters. The molecule has 3 aromatic rings. The second-order valence-electron chi connectivity index (χ2n) is 7.47. The Hall–Kier alpha value is -3.61. The summed E-state index contributed by atoms with van der Waals surface area (Å²) in [6, 6.07) is 9.75. The molecule has 0 radical (unpaired) electrons. The molecule has 1 aromatic carbocycles. The van der Waals surface area contributed by atoms with Crippen molar-refractivity contribution >= 4 is 22.7 Å². The Morgan fingerprint density at radius 3 is 2.71 bits per heavy atom. The summed E-state index contributed by atoms with van der Waals surface area (Å²) in [7, 11) is 1.52. The third kappa shape index (κ3) is 3.67. The topological polar surface area (TPSA) is 92.9 Å². The van der Waals surface area contributed by atoms with E-state index in [-0.39, 0.29) is 11.3 Å². The first kappa shape index (κ1) is 20.7. The van der Waals surface area contributed by atoms with Crippen LogP contribution in [0.15, 0.2) is 64.5 Å². The predicted octanol–water partition coefficient (Wildman–Crippen LogP) is 4.60. The van der Waals surface area contributed by atoms with E-state index < -0.39 is 23.5 Å². The molecule has 7 nitrogen and oxygen atoms in total. The van der Waals surface area contributed by atoms with Gasteiger partial charge in [-0.05, 0) is 36.2 Å². The number of hydrogen-bond donors (Lipinski definition) is 1. The molecular formula is C24H24N2O5. The average molecular weight is 420 g/mol. The summed E-state index contributed by atoms with van der Waals surface area (Å²) < 4.78 is 11.1. The van der Waals surface area contributed by atoms with Crippen molar-refractivity contribution in [1.82, 2.24) is 9.88 Å². The number of unbranched alkanes of at least 4 members (excludes halogenated alkanes) is 2. The van der Waals surface area contributed by atoms with Crippen LogP contribution in [0.2, 0.25) is 0 Å². The highest BCUT2D eigenvalue weighted by Crippen LogP contribution is 2.40. The van der Waals surface area contributed by atoms with Crippen LogP contribution in [0.1, 0.15) is 48.3 Å². The Morgan fingerprint density at radius 2 is 2.00 bits per heavy atom. The fraction of sp³-hybridized carbons (Fsp3) is 0.292. The number of methoxy groups -OCH3 is 1. The van der Waals surface area contributed by atoms with Gasteiger partial charge in [-0.2, -0.15) is 0 Å². The SMILES string of the molecule is CCCCCN1C(=O)C(O)=C(C(=O)c2cc3cccc(OC)c3o2)C1c1ccncc1. The molecule has 0 spiro atoms. The molecule has 7 heteroatoms. The lowest BCUT2D eigenvalue weighted by molar-refractivity contribution is -0.129. The lowest BCUT2D eigenvalue weighted by Crippen LogP contribution is -2.32. The van der Waals surface area contributed by atoms with Crippen LogP contribution in [-0.2, 0) is 4.79 Å². The van der Waals surface area contributed by atoms with E-state index in [1.54, 1.807) is 47.6 Å². The van der Waals surface area contributed by atoms with Gasteiger partial charge in [-0.15, -0.1) is 0 Å². The van der Waals surface area contributed by atoms with Crippen LogP contribution in [0, 0.1) is 0 Å². The molecule has 2 aromatic heterocycles. The van der Waals surface area contributed by atoms with Gasteiger partial charge >= 0.3 is 0 Å². The van der Waals surface area contributed by atoms with E-state index in [1.165, 1.54) is 7.11 Å². The molecular weight excluding hydrogens is 396 g/mol. The lowest BCUT2D eigenvalue weighted by atomic mass is 9.95. The number of pyridine rings is 1. The van der Waals surface area contributed by atoms with Gasteiger partial charge in [-0.3, -0.25) is 14.6 Å². The molecule has 1 aliphatic heterocycles. The summed E-state index contributed by atoms with van der Waals surface area (Å²) in [5.41, 5.74) is 1.17. The van der Waals surface area contributed by atoms with Crippen molar-refractivity contribution in [3.63, 3.8) is 0 Å². The molecule has 0 bridgehead atoms. The third-order valence-corrected chi connectivity index (χ3v) is 5.52. The average Bonchev–Trinajstić information content (AvgIpc) is 3.34. The second-order valence-corrected chi connectivity index (χ2v) is 7.47. The van der Waals surface area contributed by atoms with Gasteiger partial charge in [0.05, 0.1) is 18.7 Å². The molecule has 3 heterocycles. The molecule has 0 aliphatic carbocycles. The van der Waals surface area contributed by atoms with Crippen molar-refractivity contribution in [3.05, 3.63) is 71.4 Å². The van der Waals surface area contributed by atoms with E-state index in [9.17, 15) is 14.7 Å². The van der Waals surface area contributed by atoms with E-state index in [0.717, 1.165) is 19.3 Å². The van der Waals surface area contributed by atoms with Crippen molar-refractivity contribution in [2.45, 2.75) is 32.2 Å². The molecule has 4 rings (SSSR count). The smallest absolute Gasteiger partial charge is 0.290 e. The molecule has 1 aliphatic rings. The summed E-state index contributed by atoms with van der Waals surface area (Å²) in [6.07, 6.45) is 5.93. The Kier molecular flexibility index (Phi) is 5.75. The summed E-state index contributed by atoms with van der Waals surface area (Å²) in [4.78, 5) is 32.0. The number of aliphatic hydroxyl groups is 1. The normalized spacial score (nSPS) is 16.4. The highest BCUT2D eigenvalue weighted by molar-refractivity contribution is 6.16. The molecule has 31 heavy (non-hydrogen) atoms. The fourth-order valence-corrected chi connectivity index (χ4v) is 3.98. The summed E-state index contributed by atoms with van der Waals surface area (Å²) >= 11 is 0. The predicted molar refractivity (Wildman–Crippen MR) is 115 cm³/mol. The van der Waals surface area contributed by atoms with E-state index in [4.69, 9.17) is 9.15 Å². The lowest BCUT2D eigenvalue weighted by Gasteiger charge is -2.26. The maximum Gasteiger partial charge on any atom is 0.290 e. The number of fused-ring (bicyclic) bond motifs is 1. The van der Waals surface area contributed by atoms with Crippen LogP contribution in [0.3, 0.4) is 0 Å². The van der Waals surface area contributed by atoms with Gasteiger partial charge in [0.25, 0.3) is 5.91 Å². The first-order valence-corrected chi connectivity index (χ1v) is 10.3. The molecule has 0 saturated heterocycles. The van der Waals surface area contributed by atoms with E-state index >= 15 is 0 Å². The first-order valence-electron chi connectivity index (χ1n) is 10.3. The van der Waals surface area contributed by atoms with Crippen LogP contribution in [0.25, 0.3) is 11.0 Å². The maximum absolute atomic E-state index is 13.5. The molecule has 0 fully saturated rings. The zero-order valence-electron chi connectivity index (χ0n) is 17.5. The Morgan fingerprint density at radius 1 is 1.23 bits per heavy atom. The second kappa shape index (κ2) is 8.63.